The van der Waals surface area contributed by atoms with Crippen LogP contribution >= 0.6 is 22.9 Å². The zero-order chi connectivity index (χ0) is 17.4. The Morgan fingerprint density at radius 3 is 2.80 bits per heavy atom. The number of aliphatic carboxylic acids is 1. The highest BCUT2D eigenvalue weighted by Crippen LogP contribution is 2.40. The summed E-state index contributed by atoms with van der Waals surface area (Å²) in [6.07, 6.45) is 5.50. The molecule has 4 rings (SSSR count). The van der Waals surface area contributed by atoms with Crippen molar-refractivity contribution in [3.63, 3.8) is 0 Å². The van der Waals surface area contributed by atoms with Crippen molar-refractivity contribution in [2.75, 3.05) is 0 Å². The summed E-state index contributed by atoms with van der Waals surface area (Å²) >= 11 is 7.55. The quantitative estimate of drug-likeness (QED) is 0.841. The van der Waals surface area contributed by atoms with Crippen LogP contribution in [0.4, 0.5) is 0 Å². The van der Waals surface area contributed by atoms with Gasteiger partial charge in [0.25, 0.3) is 0 Å². The molecule has 1 N–H and O–H groups in total. The number of aromatic nitrogens is 1. The Bertz CT molecular complexity index is 761. The van der Waals surface area contributed by atoms with Crippen molar-refractivity contribution >= 4 is 28.9 Å². The number of likely N-dealkylation sites (tertiary alicyclic amines) is 1. The van der Waals surface area contributed by atoms with Gasteiger partial charge in [0.15, 0.2) is 0 Å². The molecule has 1 saturated heterocycles. The van der Waals surface area contributed by atoms with E-state index in [4.69, 9.17) is 16.6 Å². The first-order valence-corrected chi connectivity index (χ1v) is 10.1. The summed E-state index contributed by atoms with van der Waals surface area (Å²) < 4.78 is 0. The third-order valence-corrected chi connectivity index (χ3v) is 6.69. The van der Waals surface area contributed by atoms with Gasteiger partial charge in [0, 0.05) is 28.6 Å². The van der Waals surface area contributed by atoms with E-state index in [1.54, 1.807) is 11.3 Å². The molecule has 2 aliphatic rings. The van der Waals surface area contributed by atoms with E-state index in [9.17, 15) is 9.90 Å². The van der Waals surface area contributed by atoms with Crippen molar-refractivity contribution in [2.45, 2.75) is 50.7 Å². The molecule has 6 heteroatoms. The summed E-state index contributed by atoms with van der Waals surface area (Å²) in [4.78, 5) is 18.7. The predicted octanol–water partition coefficient (Wildman–Crippen LogP) is 4.68. The van der Waals surface area contributed by atoms with Gasteiger partial charge >= 0.3 is 5.97 Å². The van der Waals surface area contributed by atoms with E-state index in [2.05, 4.69) is 10.3 Å². The summed E-state index contributed by atoms with van der Waals surface area (Å²) in [6, 6.07) is 7.71. The fourth-order valence-corrected chi connectivity index (χ4v) is 5.26. The van der Waals surface area contributed by atoms with Crippen LogP contribution in [-0.4, -0.2) is 33.0 Å². The minimum Gasteiger partial charge on any atom is -0.480 e. The zero-order valence-corrected chi connectivity index (χ0v) is 15.5. The maximum Gasteiger partial charge on any atom is 0.320 e. The van der Waals surface area contributed by atoms with Crippen molar-refractivity contribution in [1.29, 1.82) is 0 Å². The number of nitrogens with zero attached hydrogens (tertiary/aromatic N) is 2. The lowest BCUT2D eigenvalue weighted by Crippen LogP contribution is -2.41. The molecule has 2 heterocycles. The van der Waals surface area contributed by atoms with Gasteiger partial charge in [-0.3, -0.25) is 9.69 Å². The number of benzene rings is 1. The zero-order valence-electron chi connectivity index (χ0n) is 13.9. The van der Waals surface area contributed by atoms with Gasteiger partial charge < -0.3 is 5.11 Å². The maximum absolute atomic E-state index is 11.7. The summed E-state index contributed by atoms with van der Waals surface area (Å²) in [5.41, 5.74) is 2.01. The fraction of sp³-hybridized carbons (Fsp3) is 0.474. The summed E-state index contributed by atoms with van der Waals surface area (Å²) in [7, 11) is 0. The third-order valence-electron chi connectivity index (χ3n) is 5.49. The van der Waals surface area contributed by atoms with E-state index in [-0.39, 0.29) is 6.04 Å². The topological polar surface area (TPSA) is 53.4 Å². The second-order valence-corrected chi connectivity index (χ2v) is 8.32. The molecule has 0 spiro atoms. The minimum absolute atomic E-state index is 0.367. The summed E-state index contributed by atoms with van der Waals surface area (Å²) in [5.74, 6) is -0.160. The lowest BCUT2D eigenvalue weighted by molar-refractivity contribution is -0.142. The van der Waals surface area contributed by atoms with E-state index >= 15 is 0 Å². The Labute approximate surface area is 156 Å². The highest BCUT2D eigenvalue weighted by atomic mass is 35.5. The van der Waals surface area contributed by atoms with Crippen LogP contribution in [0.3, 0.4) is 0 Å². The first kappa shape index (κ1) is 17.0. The van der Waals surface area contributed by atoms with Crippen LogP contribution in [-0.2, 0) is 11.3 Å². The number of fused-ring (bicyclic) bond motifs is 1. The molecular formula is C19H21ClN2O2S. The van der Waals surface area contributed by atoms with Crippen LogP contribution in [0.5, 0.6) is 0 Å². The molecule has 0 radical (unpaired) electrons. The van der Waals surface area contributed by atoms with Crippen LogP contribution in [0.25, 0.3) is 10.6 Å². The standard InChI is InChI=1S/C19H21ClN2O2S/c20-14-7-5-12(6-8-14)18-21-15(11-25-18)10-22-16-4-2-1-3-13(16)9-17(22)19(23)24/h5-8,11,13,16-17H,1-4,9-10H2,(H,23,24). The number of rotatable bonds is 4. The van der Waals surface area contributed by atoms with Crippen LogP contribution in [0, 0.1) is 5.92 Å². The predicted molar refractivity (Wildman–Crippen MR) is 99.9 cm³/mol. The third kappa shape index (κ3) is 3.46. The smallest absolute Gasteiger partial charge is 0.320 e. The molecule has 132 valence electrons. The molecule has 1 aromatic heterocycles. The van der Waals surface area contributed by atoms with Gasteiger partial charge in [-0.2, -0.15) is 0 Å². The van der Waals surface area contributed by atoms with E-state index in [0.29, 0.717) is 23.5 Å². The van der Waals surface area contributed by atoms with Gasteiger partial charge in [-0.15, -0.1) is 11.3 Å². The first-order valence-electron chi connectivity index (χ1n) is 8.80. The molecule has 2 aromatic rings. The molecule has 4 nitrogen and oxygen atoms in total. The van der Waals surface area contributed by atoms with Gasteiger partial charge in [0.2, 0.25) is 0 Å². The number of halogens is 1. The Hall–Kier alpha value is -1.43. The molecule has 1 aliphatic carbocycles. The van der Waals surface area contributed by atoms with Gasteiger partial charge in [-0.05, 0) is 37.3 Å². The molecule has 2 fully saturated rings. The molecule has 0 amide bonds. The van der Waals surface area contributed by atoms with Crippen molar-refractivity contribution < 1.29 is 9.90 Å². The van der Waals surface area contributed by atoms with Crippen molar-refractivity contribution in [2.24, 2.45) is 5.92 Å². The number of carbonyl (C=O) groups is 1. The van der Waals surface area contributed by atoms with Gasteiger partial charge in [0.05, 0.1) is 5.69 Å². The van der Waals surface area contributed by atoms with Crippen LogP contribution < -0.4 is 0 Å². The van der Waals surface area contributed by atoms with E-state index < -0.39 is 5.97 Å². The molecule has 0 bridgehead atoms. The molecule has 3 atom stereocenters. The van der Waals surface area contributed by atoms with E-state index in [1.807, 2.05) is 24.3 Å². The maximum atomic E-state index is 11.7. The first-order chi connectivity index (χ1) is 12.1. The lowest BCUT2D eigenvalue weighted by Gasteiger charge is -2.32. The molecule has 25 heavy (non-hydrogen) atoms. The second-order valence-electron chi connectivity index (χ2n) is 7.02. The van der Waals surface area contributed by atoms with Gasteiger partial charge in [-0.25, -0.2) is 4.98 Å². The lowest BCUT2D eigenvalue weighted by atomic mass is 9.85. The average molecular weight is 377 g/mol. The normalized spacial score (nSPS) is 26.5. The fourth-order valence-electron chi connectivity index (χ4n) is 4.31. The molecule has 3 unspecified atom stereocenters. The monoisotopic (exact) mass is 376 g/mol. The number of hydrogen-bond donors (Lipinski definition) is 1. The number of carboxylic acids is 1. The molecule has 1 saturated carbocycles. The number of carboxylic acid groups (broad SMARTS) is 1. The van der Waals surface area contributed by atoms with Crippen molar-refractivity contribution in [1.82, 2.24) is 9.88 Å². The SMILES string of the molecule is O=C(O)C1CC2CCCCC2N1Cc1csc(-c2ccc(Cl)cc2)n1. The highest BCUT2D eigenvalue weighted by Gasteiger charge is 2.45. The summed E-state index contributed by atoms with van der Waals surface area (Å²) in [5, 5.41) is 13.4. The highest BCUT2D eigenvalue weighted by molar-refractivity contribution is 7.13. The Balaban J connectivity index is 1.54. The van der Waals surface area contributed by atoms with Gasteiger partial charge in [0.1, 0.15) is 11.0 Å². The van der Waals surface area contributed by atoms with Crippen LogP contribution in [0.15, 0.2) is 29.6 Å². The van der Waals surface area contributed by atoms with Crippen LogP contribution in [0.1, 0.15) is 37.8 Å². The van der Waals surface area contributed by atoms with Crippen molar-refractivity contribution in [3.05, 3.63) is 40.4 Å². The Morgan fingerprint density at radius 1 is 1.28 bits per heavy atom. The second kappa shape index (κ2) is 7.06. The van der Waals surface area contributed by atoms with Crippen LogP contribution in [0.2, 0.25) is 5.02 Å². The Morgan fingerprint density at radius 2 is 2.04 bits per heavy atom. The summed E-state index contributed by atoms with van der Waals surface area (Å²) in [6.45, 7) is 0.627. The number of hydrogen-bond acceptors (Lipinski definition) is 4. The molecular weight excluding hydrogens is 356 g/mol. The molecule has 1 aliphatic heterocycles. The number of thiazole rings is 1. The average Bonchev–Trinajstić information content (AvgIpc) is 3.21. The van der Waals surface area contributed by atoms with Gasteiger partial charge in [-0.1, -0.05) is 36.6 Å². The largest absolute Gasteiger partial charge is 0.480 e. The van der Waals surface area contributed by atoms with Crippen molar-refractivity contribution in [3.8, 4) is 10.6 Å². The minimum atomic E-state index is -0.692. The van der Waals surface area contributed by atoms with E-state index in [0.717, 1.165) is 35.5 Å². The Kier molecular flexibility index (Phi) is 4.80. The molecule has 1 aromatic carbocycles. The van der Waals surface area contributed by atoms with E-state index in [1.165, 1.54) is 12.8 Å².